The molecule has 100 valence electrons. The third kappa shape index (κ3) is 4.35. The first kappa shape index (κ1) is 14.5. The van der Waals surface area contributed by atoms with Gasteiger partial charge < -0.3 is 10.2 Å². The maximum Gasteiger partial charge on any atom is 0.272 e. The molecule has 0 aliphatic carbocycles. The minimum Gasteiger partial charge on any atom is -0.382 e. The van der Waals surface area contributed by atoms with Crippen LogP contribution in [0.25, 0.3) is 0 Å². The molecule has 0 spiro atoms. The molecular weight excluding hydrogens is 226 g/mol. The second-order valence-electron chi connectivity index (χ2n) is 4.82. The SMILES string of the molecule is CCCCC(C)Nc1ccnc(C(=O)N(C)C)c1. The Bertz CT molecular complexity index is 390. The average Bonchev–Trinajstić information content (AvgIpc) is 2.35. The Kier molecular flexibility index (Phi) is 5.62. The molecular formula is C14H23N3O. The normalized spacial score (nSPS) is 12.0. The Hall–Kier alpha value is -1.58. The topological polar surface area (TPSA) is 45.2 Å². The van der Waals surface area contributed by atoms with Crippen LogP contribution in [0.15, 0.2) is 18.3 Å². The Balaban J connectivity index is 2.67. The molecule has 4 nitrogen and oxygen atoms in total. The number of nitrogens with zero attached hydrogens (tertiary/aromatic N) is 2. The molecule has 1 N–H and O–H groups in total. The van der Waals surface area contributed by atoms with Gasteiger partial charge in [0.2, 0.25) is 0 Å². The van der Waals surface area contributed by atoms with Crippen LogP contribution in [-0.2, 0) is 0 Å². The summed E-state index contributed by atoms with van der Waals surface area (Å²) in [6.45, 7) is 4.34. The number of unbranched alkanes of at least 4 members (excludes halogenated alkanes) is 1. The van der Waals surface area contributed by atoms with Crippen LogP contribution in [0.5, 0.6) is 0 Å². The number of anilines is 1. The van der Waals surface area contributed by atoms with E-state index in [0.717, 1.165) is 12.1 Å². The van der Waals surface area contributed by atoms with Gasteiger partial charge in [-0.3, -0.25) is 9.78 Å². The third-order valence-corrected chi connectivity index (χ3v) is 2.79. The zero-order valence-electron chi connectivity index (χ0n) is 11.7. The second kappa shape index (κ2) is 6.99. The molecule has 1 heterocycles. The molecule has 0 aliphatic heterocycles. The molecule has 0 bridgehead atoms. The summed E-state index contributed by atoms with van der Waals surface area (Å²) in [6.07, 6.45) is 5.22. The fourth-order valence-corrected chi connectivity index (χ4v) is 1.73. The van der Waals surface area contributed by atoms with Crippen LogP contribution in [0.3, 0.4) is 0 Å². The van der Waals surface area contributed by atoms with Crippen molar-refractivity contribution in [2.24, 2.45) is 0 Å². The largest absolute Gasteiger partial charge is 0.382 e. The molecule has 0 fully saturated rings. The summed E-state index contributed by atoms with van der Waals surface area (Å²) >= 11 is 0. The van der Waals surface area contributed by atoms with Gasteiger partial charge >= 0.3 is 0 Å². The molecule has 1 amide bonds. The zero-order chi connectivity index (χ0) is 13.5. The standard InChI is InChI=1S/C14H23N3O/c1-5-6-7-11(2)16-12-8-9-15-13(10-12)14(18)17(3)4/h8-11H,5-7H2,1-4H3,(H,15,16). The van der Waals surface area contributed by atoms with Crippen molar-refractivity contribution >= 4 is 11.6 Å². The second-order valence-corrected chi connectivity index (χ2v) is 4.82. The van der Waals surface area contributed by atoms with Crippen LogP contribution in [0.2, 0.25) is 0 Å². The highest BCUT2D eigenvalue weighted by molar-refractivity contribution is 5.92. The number of carbonyl (C=O) groups excluding carboxylic acids is 1. The maximum absolute atomic E-state index is 11.8. The fraction of sp³-hybridized carbons (Fsp3) is 0.571. The Morgan fingerprint density at radius 1 is 1.50 bits per heavy atom. The van der Waals surface area contributed by atoms with Crippen molar-refractivity contribution in [2.45, 2.75) is 39.2 Å². The molecule has 1 unspecified atom stereocenters. The molecule has 4 heteroatoms. The van der Waals surface area contributed by atoms with Crippen LogP contribution in [0, 0.1) is 0 Å². The molecule has 18 heavy (non-hydrogen) atoms. The summed E-state index contributed by atoms with van der Waals surface area (Å²) in [5, 5.41) is 3.40. The number of amides is 1. The van der Waals surface area contributed by atoms with Gasteiger partial charge in [0.25, 0.3) is 5.91 Å². The van der Waals surface area contributed by atoms with Crippen molar-refractivity contribution in [1.82, 2.24) is 9.88 Å². The number of aromatic nitrogens is 1. The summed E-state index contributed by atoms with van der Waals surface area (Å²) in [7, 11) is 3.46. The van der Waals surface area contributed by atoms with Gasteiger partial charge in [0.15, 0.2) is 0 Å². The highest BCUT2D eigenvalue weighted by Gasteiger charge is 2.10. The van der Waals surface area contributed by atoms with Crippen LogP contribution in [0.1, 0.15) is 43.6 Å². The maximum atomic E-state index is 11.8. The highest BCUT2D eigenvalue weighted by Crippen LogP contribution is 2.12. The van der Waals surface area contributed by atoms with Crippen LogP contribution >= 0.6 is 0 Å². The van der Waals surface area contributed by atoms with Crippen molar-refractivity contribution in [3.05, 3.63) is 24.0 Å². The van der Waals surface area contributed by atoms with Gasteiger partial charge in [-0.25, -0.2) is 0 Å². The monoisotopic (exact) mass is 249 g/mol. The van der Waals surface area contributed by atoms with E-state index in [0.29, 0.717) is 11.7 Å². The molecule has 1 aromatic heterocycles. The fourth-order valence-electron chi connectivity index (χ4n) is 1.73. The summed E-state index contributed by atoms with van der Waals surface area (Å²) < 4.78 is 0. The molecule has 1 atom stereocenters. The molecule has 0 radical (unpaired) electrons. The number of nitrogens with one attached hydrogen (secondary N) is 1. The third-order valence-electron chi connectivity index (χ3n) is 2.79. The highest BCUT2D eigenvalue weighted by atomic mass is 16.2. The Labute approximate surface area is 109 Å². The summed E-state index contributed by atoms with van der Waals surface area (Å²) in [5.74, 6) is -0.0696. The van der Waals surface area contributed by atoms with Gasteiger partial charge in [0.1, 0.15) is 5.69 Å². The van der Waals surface area contributed by atoms with Crippen molar-refractivity contribution in [3.63, 3.8) is 0 Å². The van der Waals surface area contributed by atoms with Crippen LogP contribution in [0.4, 0.5) is 5.69 Å². The first-order valence-electron chi connectivity index (χ1n) is 6.48. The number of carbonyl (C=O) groups is 1. The van der Waals surface area contributed by atoms with Gasteiger partial charge in [-0.15, -0.1) is 0 Å². The van der Waals surface area contributed by atoms with Crippen molar-refractivity contribution < 1.29 is 4.79 Å². The number of rotatable bonds is 6. The predicted octanol–water partition coefficient (Wildman–Crippen LogP) is 2.77. The van der Waals surface area contributed by atoms with E-state index < -0.39 is 0 Å². The number of hydrogen-bond donors (Lipinski definition) is 1. The van der Waals surface area contributed by atoms with Gasteiger partial charge in [-0.1, -0.05) is 19.8 Å². The lowest BCUT2D eigenvalue weighted by Gasteiger charge is -2.16. The van der Waals surface area contributed by atoms with Crippen molar-refractivity contribution in [3.8, 4) is 0 Å². The molecule has 0 aromatic carbocycles. The lowest BCUT2D eigenvalue weighted by Crippen LogP contribution is -2.23. The van der Waals surface area contributed by atoms with E-state index >= 15 is 0 Å². The van der Waals surface area contributed by atoms with E-state index in [1.807, 2.05) is 12.1 Å². The van der Waals surface area contributed by atoms with Crippen LogP contribution in [-0.4, -0.2) is 35.9 Å². The smallest absolute Gasteiger partial charge is 0.272 e. The Morgan fingerprint density at radius 3 is 2.83 bits per heavy atom. The average molecular weight is 249 g/mol. The summed E-state index contributed by atoms with van der Waals surface area (Å²) in [4.78, 5) is 17.4. The van der Waals surface area contributed by atoms with Gasteiger partial charge in [0.05, 0.1) is 0 Å². The van der Waals surface area contributed by atoms with Gasteiger partial charge in [-0.05, 0) is 25.5 Å². The van der Waals surface area contributed by atoms with E-state index in [2.05, 4.69) is 24.1 Å². The summed E-state index contributed by atoms with van der Waals surface area (Å²) in [5.41, 5.74) is 1.44. The molecule has 0 aliphatic rings. The van der Waals surface area contributed by atoms with Crippen molar-refractivity contribution in [1.29, 1.82) is 0 Å². The minimum absolute atomic E-state index is 0.0696. The quantitative estimate of drug-likeness (QED) is 0.843. The van der Waals surface area contributed by atoms with E-state index in [1.165, 1.54) is 17.7 Å². The lowest BCUT2D eigenvalue weighted by molar-refractivity contribution is 0.0822. The molecule has 1 rings (SSSR count). The van der Waals surface area contributed by atoms with Gasteiger partial charge in [-0.2, -0.15) is 0 Å². The van der Waals surface area contributed by atoms with Crippen LogP contribution < -0.4 is 5.32 Å². The van der Waals surface area contributed by atoms with E-state index in [9.17, 15) is 4.79 Å². The lowest BCUT2D eigenvalue weighted by atomic mass is 10.1. The van der Waals surface area contributed by atoms with Gasteiger partial charge in [0, 0.05) is 32.0 Å². The van der Waals surface area contributed by atoms with E-state index in [1.54, 1.807) is 20.3 Å². The van der Waals surface area contributed by atoms with E-state index in [-0.39, 0.29) is 5.91 Å². The first-order valence-corrected chi connectivity index (χ1v) is 6.48. The van der Waals surface area contributed by atoms with Crippen molar-refractivity contribution in [2.75, 3.05) is 19.4 Å². The first-order chi connectivity index (χ1) is 8.54. The summed E-state index contributed by atoms with van der Waals surface area (Å²) in [6, 6.07) is 4.12. The number of pyridine rings is 1. The number of hydrogen-bond acceptors (Lipinski definition) is 3. The molecule has 1 aromatic rings. The minimum atomic E-state index is -0.0696. The van der Waals surface area contributed by atoms with E-state index in [4.69, 9.17) is 0 Å². The Morgan fingerprint density at radius 2 is 2.22 bits per heavy atom. The molecule has 0 saturated heterocycles. The predicted molar refractivity (Wildman–Crippen MR) is 74.9 cm³/mol. The molecule has 0 saturated carbocycles. The zero-order valence-corrected chi connectivity index (χ0v) is 11.7.